The monoisotopic (exact) mass is 338 g/mol. The lowest BCUT2D eigenvalue weighted by atomic mass is 9.86. The van der Waals surface area contributed by atoms with E-state index in [2.05, 4.69) is 47.8 Å². The predicted octanol–water partition coefficient (Wildman–Crippen LogP) is 2.96. The number of hydrogen-bond donors (Lipinski definition) is 2. The van der Waals surface area contributed by atoms with Gasteiger partial charge in [-0.05, 0) is 48.4 Å². The third kappa shape index (κ3) is 3.09. The molecule has 1 saturated heterocycles. The van der Waals surface area contributed by atoms with Crippen molar-refractivity contribution in [1.29, 1.82) is 0 Å². The maximum atomic E-state index is 12.7. The molecule has 1 aliphatic carbocycles. The van der Waals surface area contributed by atoms with Crippen molar-refractivity contribution in [2.45, 2.75) is 50.6 Å². The number of fused-ring (bicyclic) bond motifs is 1. The van der Waals surface area contributed by atoms with Crippen molar-refractivity contribution in [1.82, 2.24) is 20.4 Å². The van der Waals surface area contributed by atoms with Gasteiger partial charge in [-0.1, -0.05) is 38.1 Å². The molecule has 1 aliphatic heterocycles. The molecule has 4 rings (SSSR count). The summed E-state index contributed by atoms with van der Waals surface area (Å²) in [4.78, 5) is 12.7. The molecule has 0 radical (unpaired) electrons. The van der Waals surface area contributed by atoms with Gasteiger partial charge in [-0.25, -0.2) is 0 Å². The summed E-state index contributed by atoms with van der Waals surface area (Å²) in [5.41, 5.74) is 3.16. The van der Waals surface area contributed by atoms with Crippen molar-refractivity contribution in [2.75, 3.05) is 13.1 Å². The Labute approximate surface area is 148 Å². The van der Waals surface area contributed by atoms with E-state index in [1.165, 1.54) is 11.1 Å². The molecular weight excluding hydrogens is 312 g/mol. The zero-order chi connectivity index (χ0) is 17.4. The molecule has 132 valence electrons. The fourth-order valence-corrected chi connectivity index (χ4v) is 4.23. The molecule has 25 heavy (non-hydrogen) atoms. The van der Waals surface area contributed by atoms with E-state index in [-0.39, 0.29) is 17.4 Å². The van der Waals surface area contributed by atoms with E-state index in [4.69, 9.17) is 0 Å². The van der Waals surface area contributed by atoms with Crippen LogP contribution in [-0.4, -0.2) is 28.8 Å². The number of carbonyl (C=O) groups excluding carboxylic acids is 1. The van der Waals surface area contributed by atoms with Crippen LogP contribution in [-0.2, 0) is 5.41 Å². The molecule has 2 heterocycles. The Morgan fingerprint density at radius 2 is 2.16 bits per heavy atom. The smallest absolute Gasteiger partial charge is 0.272 e. The van der Waals surface area contributed by atoms with Crippen molar-refractivity contribution in [2.24, 2.45) is 0 Å². The van der Waals surface area contributed by atoms with Crippen LogP contribution in [0.5, 0.6) is 0 Å². The average Bonchev–Trinajstić information content (AvgIpc) is 3.20. The molecule has 1 aromatic heterocycles. The first-order valence-electron chi connectivity index (χ1n) is 9.21. The molecule has 0 saturated carbocycles. The largest absolute Gasteiger partial charge is 0.344 e. The maximum Gasteiger partial charge on any atom is 0.272 e. The molecular formula is C20H26N4O. The summed E-state index contributed by atoms with van der Waals surface area (Å²) in [6.07, 6.45) is 5.12. The minimum absolute atomic E-state index is 0.0557. The fraction of sp³-hybridized carbons (Fsp3) is 0.500. The minimum Gasteiger partial charge on any atom is -0.344 e. The van der Waals surface area contributed by atoms with Gasteiger partial charge in [0.15, 0.2) is 0 Å². The lowest BCUT2D eigenvalue weighted by Gasteiger charge is -2.23. The highest BCUT2D eigenvalue weighted by Gasteiger charge is 2.37. The summed E-state index contributed by atoms with van der Waals surface area (Å²) in [6, 6.07) is 10.7. The topological polar surface area (TPSA) is 59.0 Å². The summed E-state index contributed by atoms with van der Waals surface area (Å²) < 4.78 is 1.94. The van der Waals surface area contributed by atoms with Crippen molar-refractivity contribution in [3.8, 4) is 0 Å². The number of piperidine rings is 1. The fourth-order valence-electron chi connectivity index (χ4n) is 4.23. The molecule has 1 amide bonds. The molecule has 0 bridgehead atoms. The molecule has 0 spiro atoms. The van der Waals surface area contributed by atoms with Crippen LogP contribution in [0.25, 0.3) is 0 Å². The van der Waals surface area contributed by atoms with Gasteiger partial charge in [0.1, 0.15) is 5.69 Å². The van der Waals surface area contributed by atoms with Crippen LogP contribution < -0.4 is 10.6 Å². The number of aromatic nitrogens is 2. The van der Waals surface area contributed by atoms with Crippen molar-refractivity contribution < 1.29 is 4.79 Å². The highest BCUT2D eigenvalue weighted by molar-refractivity contribution is 5.92. The van der Waals surface area contributed by atoms with Crippen LogP contribution in [0.15, 0.2) is 36.5 Å². The second-order valence-electron chi connectivity index (χ2n) is 7.88. The lowest BCUT2D eigenvalue weighted by molar-refractivity contribution is 0.0927. The quantitative estimate of drug-likeness (QED) is 0.904. The van der Waals surface area contributed by atoms with E-state index in [1.54, 1.807) is 0 Å². The lowest BCUT2D eigenvalue weighted by Crippen LogP contribution is -2.32. The standard InChI is InChI=1S/C20H26N4O/c1-20(2)12-18(15-7-3-4-8-16(15)20)22-19(25)17-9-11-24(23-17)14-6-5-10-21-13-14/h3-4,7-9,11,14,18,21H,5-6,10,12-13H2,1-2H3,(H,22,25). The van der Waals surface area contributed by atoms with Gasteiger partial charge >= 0.3 is 0 Å². The number of carbonyl (C=O) groups is 1. The number of nitrogens with one attached hydrogen (secondary N) is 2. The van der Waals surface area contributed by atoms with E-state index in [0.717, 1.165) is 32.4 Å². The van der Waals surface area contributed by atoms with E-state index < -0.39 is 0 Å². The van der Waals surface area contributed by atoms with Crippen LogP contribution in [0, 0.1) is 0 Å². The molecule has 2 aliphatic rings. The van der Waals surface area contributed by atoms with Crippen LogP contribution in [0.4, 0.5) is 0 Å². The van der Waals surface area contributed by atoms with Crippen LogP contribution in [0.2, 0.25) is 0 Å². The number of rotatable bonds is 3. The number of hydrogen-bond acceptors (Lipinski definition) is 3. The Morgan fingerprint density at radius 3 is 2.96 bits per heavy atom. The summed E-state index contributed by atoms with van der Waals surface area (Å²) >= 11 is 0. The Balaban J connectivity index is 1.49. The van der Waals surface area contributed by atoms with Crippen LogP contribution in [0.3, 0.4) is 0 Å². The first kappa shape index (κ1) is 16.3. The second kappa shape index (κ2) is 6.30. The Kier molecular flexibility index (Phi) is 4.12. The van der Waals surface area contributed by atoms with Gasteiger partial charge in [0.05, 0.1) is 12.1 Å². The van der Waals surface area contributed by atoms with Gasteiger partial charge in [0, 0.05) is 12.7 Å². The van der Waals surface area contributed by atoms with Gasteiger partial charge in [-0.2, -0.15) is 5.10 Å². The highest BCUT2D eigenvalue weighted by Crippen LogP contribution is 2.44. The predicted molar refractivity (Wildman–Crippen MR) is 97.7 cm³/mol. The van der Waals surface area contributed by atoms with Crippen molar-refractivity contribution in [3.63, 3.8) is 0 Å². The van der Waals surface area contributed by atoms with E-state index >= 15 is 0 Å². The first-order valence-corrected chi connectivity index (χ1v) is 9.21. The Bertz CT molecular complexity index is 774. The van der Waals surface area contributed by atoms with E-state index in [9.17, 15) is 4.79 Å². The summed E-state index contributed by atoms with van der Waals surface area (Å²) in [5, 5.41) is 11.1. The van der Waals surface area contributed by atoms with Gasteiger partial charge in [0.2, 0.25) is 0 Å². The van der Waals surface area contributed by atoms with Gasteiger partial charge in [0.25, 0.3) is 5.91 Å². The first-order chi connectivity index (χ1) is 12.0. The number of amides is 1. The van der Waals surface area contributed by atoms with Gasteiger partial charge in [-0.3, -0.25) is 9.48 Å². The summed E-state index contributed by atoms with van der Waals surface area (Å²) in [7, 11) is 0. The zero-order valence-electron chi connectivity index (χ0n) is 15.0. The van der Waals surface area contributed by atoms with E-state index in [0.29, 0.717) is 11.7 Å². The molecule has 2 N–H and O–H groups in total. The summed E-state index contributed by atoms with van der Waals surface area (Å²) in [6.45, 7) is 6.47. The molecule has 5 heteroatoms. The molecule has 2 unspecified atom stereocenters. The molecule has 1 fully saturated rings. The van der Waals surface area contributed by atoms with Gasteiger partial charge in [-0.15, -0.1) is 0 Å². The normalized spacial score (nSPS) is 24.7. The SMILES string of the molecule is CC1(C)CC(NC(=O)c2ccn(C3CCCNC3)n2)c2ccccc21. The zero-order valence-corrected chi connectivity index (χ0v) is 15.0. The molecule has 2 aromatic rings. The van der Waals surface area contributed by atoms with Crippen molar-refractivity contribution in [3.05, 3.63) is 53.3 Å². The average molecular weight is 338 g/mol. The molecule has 5 nitrogen and oxygen atoms in total. The highest BCUT2D eigenvalue weighted by atomic mass is 16.2. The second-order valence-corrected chi connectivity index (χ2v) is 7.88. The third-order valence-corrected chi connectivity index (χ3v) is 5.57. The third-order valence-electron chi connectivity index (χ3n) is 5.57. The number of benzene rings is 1. The van der Waals surface area contributed by atoms with Gasteiger partial charge < -0.3 is 10.6 Å². The van der Waals surface area contributed by atoms with Crippen LogP contribution >= 0.6 is 0 Å². The minimum atomic E-state index is -0.0833. The maximum absolute atomic E-state index is 12.7. The van der Waals surface area contributed by atoms with Crippen molar-refractivity contribution >= 4 is 5.91 Å². The summed E-state index contributed by atoms with van der Waals surface area (Å²) in [5.74, 6) is -0.0833. The van der Waals surface area contributed by atoms with E-state index in [1.807, 2.05) is 23.0 Å². The Morgan fingerprint density at radius 1 is 1.32 bits per heavy atom. The molecule has 2 atom stereocenters. The Hall–Kier alpha value is -2.14. The van der Waals surface area contributed by atoms with Crippen LogP contribution in [0.1, 0.15) is 66.8 Å². The molecule has 1 aromatic carbocycles. The number of nitrogens with zero attached hydrogens (tertiary/aromatic N) is 2.